The highest BCUT2D eigenvalue weighted by Crippen LogP contribution is 2.41. The molecule has 0 spiro atoms. The average Bonchev–Trinajstić information content (AvgIpc) is 2.92. The highest BCUT2D eigenvalue weighted by molar-refractivity contribution is 7.16. The zero-order valence-electron chi connectivity index (χ0n) is 13.2. The van der Waals surface area contributed by atoms with Gasteiger partial charge in [0.25, 0.3) is 5.91 Å². The van der Waals surface area contributed by atoms with Crippen molar-refractivity contribution in [1.29, 1.82) is 0 Å². The summed E-state index contributed by atoms with van der Waals surface area (Å²) in [5.41, 5.74) is 2.99. The quantitative estimate of drug-likeness (QED) is 0.889. The largest absolute Gasteiger partial charge is 0.496 e. The third-order valence-electron chi connectivity index (χ3n) is 4.48. The maximum Gasteiger partial charge on any atom is 0.256 e. The van der Waals surface area contributed by atoms with Crippen LogP contribution in [-0.2, 0) is 13.0 Å². The number of hydrogen-bond acceptors (Lipinski definition) is 5. The number of ether oxygens (including phenoxy) is 1. The number of thiophene rings is 1. The summed E-state index contributed by atoms with van der Waals surface area (Å²) in [5, 5.41) is 7.53. The van der Waals surface area contributed by atoms with Gasteiger partial charge in [-0.05, 0) is 25.1 Å². The molecule has 2 aliphatic heterocycles. The molecular weight excluding hydrogens is 310 g/mol. The van der Waals surface area contributed by atoms with Crippen LogP contribution in [0.3, 0.4) is 0 Å². The molecule has 6 heteroatoms. The van der Waals surface area contributed by atoms with Gasteiger partial charge in [-0.15, -0.1) is 11.3 Å². The van der Waals surface area contributed by atoms with E-state index < -0.39 is 0 Å². The van der Waals surface area contributed by atoms with E-state index in [0.29, 0.717) is 0 Å². The number of benzene rings is 1. The van der Waals surface area contributed by atoms with Crippen LogP contribution < -0.4 is 15.4 Å². The number of nitrogens with one attached hydrogen (secondary N) is 2. The third-order valence-corrected chi connectivity index (χ3v) is 5.62. The van der Waals surface area contributed by atoms with Crippen LogP contribution in [0.2, 0.25) is 0 Å². The second-order valence-electron chi connectivity index (χ2n) is 5.99. The number of likely N-dealkylation sites (N-methyl/N-ethyl adjacent to an activating group) is 1. The summed E-state index contributed by atoms with van der Waals surface area (Å²) in [6.45, 7) is 1.92. The number of hydrogen-bond donors (Lipinski definition) is 2. The normalized spacial score (nSPS) is 20.3. The monoisotopic (exact) mass is 329 g/mol. The van der Waals surface area contributed by atoms with Crippen molar-refractivity contribution in [3.05, 3.63) is 45.8 Å². The number of para-hydroxylation sites is 1. The van der Waals surface area contributed by atoms with Crippen molar-refractivity contribution in [2.24, 2.45) is 0 Å². The van der Waals surface area contributed by atoms with Gasteiger partial charge in [0.2, 0.25) is 0 Å². The Bertz CT molecular complexity index is 771. The Morgan fingerprint density at radius 1 is 1.30 bits per heavy atom. The van der Waals surface area contributed by atoms with Crippen LogP contribution in [0.25, 0.3) is 0 Å². The molecule has 0 radical (unpaired) electrons. The Morgan fingerprint density at radius 3 is 2.96 bits per heavy atom. The van der Waals surface area contributed by atoms with Crippen LogP contribution >= 0.6 is 11.3 Å². The highest BCUT2D eigenvalue weighted by Gasteiger charge is 2.33. The van der Waals surface area contributed by atoms with E-state index in [1.165, 1.54) is 10.4 Å². The van der Waals surface area contributed by atoms with Crippen molar-refractivity contribution in [3.63, 3.8) is 0 Å². The molecule has 2 aliphatic rings. The minimum Gasteiger partial charge on any atom is -0.496 e. The molecule has 2 N–H and O–H groups in total. The molecule has 0 saturated heterocycles. The van der Waals surface area contributed by atoms with Crippen molar-refractivity contribution in [2.75, 3.05) is 26.0 Å². The van der Waals surface area contributed by atoms with Crippen LogP contribution in [-0.4, -0.2) is 31.5 Å². The van der Waals surface area contributed by atoms with Crippen LogP contribution in [0.4, 0.5) is 5.00 Å². The lowest BCUT2D eigenvalue weighted by Gasteiger charge is -2.28. The fraction of sp³-hybridized carbons (Fsp3) is 0.353. The highest BCUT2D eigenvalue weighted by atomic mass is 32.1. The minimum absolute atomic E-state index is 0.0108. The van der Waals surface area contributed by atoms with Crippen LogP contribution in [0.1, 0.15) is 32.5 Å². The van der Waals surface area contributed by atoms with Crippen LogP contribution in [0.15, 0.2) is 24.3 Å². The molecular formula is C17H19N3O2S. The lowest BCUT2D eigenvalue weighted by molar-refractivity contribution is 0.0934. The zero-order valence-corrected chi connectivity index (χ0v) is 14.0. The first-order chi connectivity index (χ1) is 11.2. The van der Waals surface area contributed by atoms with Gasteiger partial charge in [0.15, 0.2) is 0 Å². The van der Waals surface area contributed by atoms with Gasteiger partial charge < -0.3 is 20.3 Å². The van der Waals surface area contributed by atoms with Gasteiger partial charge in [-0.3, -0.25) is 4.79 Å². The van der Waals surface area contributed by atoms with Crippen molar-refractivity contribution < 1.29 is 9.53 Å². The molecule has 5 nitrogen and oxygen atoms in total. The maximum atomic E-state index is 12.7. The van der Waals surface area contributed by atoms with Crippen molar-refractivity contribution in [3.8, 4) is 5.75 Å². The van der Waals surface area contributed by atoms with E-state index >= 15 is 0 Å². The summed E-state index contributed by atoms with van der Waals surface area (Å²) in [5.74, 6) is 0.784. The molecule has 0 aliphatic carbocycles. The van der Waals surface area contributed by atoms with Crippen molar-refractivity contribution in [1.82, 2.24) is 10.2 Å². The predicted molar refractivity (Wildman–Crippen MR) is 91.2 cm³/mol. The van der Waals surface area contributed by atoms with Gasteiger partial charge in [-0.1, -0.05) is 18.2 Å². The number of anilines is 1. The van der Waals surface area contributed by atoms with Crippen molar-refractivity contribution in [2.45, 2.75) is 19.1 Å². The van der Waals surface area contributed by atoms with E-state index in [0.717, 1.165) is 41.4 Å². The lowest BCUT2D eigenvalue weighted by Crippen LogP contribution is -2.38. The van der Waals surface area contributed by atoms with E-state index in [2.05, 4.69) is 22.6 Å². The molecule has 4 rings (SSSR count). The van der Waals surface area contributed by atoms with Gasteiger partial charge in [-0.2, -0.15) is 0 Å². The molecule has 0 saturated carbocycles. The van der Waals surface area contributed by atoms with Gasteiger partial charge in [0.05, 0.1) is 12.7 Å². The Labute approximate surface area is 139 Å². The third kappa shape index (κ3) is 2.38. The molecule has 1 aromatic carbocycles. The van der Waals surface area contributed by atoms with Gasteiger partial charge in [0, 0.05) is 23.5 Å². The van der Waals surface area contributed by atoms with Gasteiger partial charge >= 0.3 is 0 Å². The zero-order chi connectivity index (χ0) is 16.0. The molecule has 3 heterocycles. The smallest absolute Gasteiger partial charge is 0.256 e. The van der Waals surface area contributed by atoms with E-state index in [9.17, 15) is 4.79 Å². The number of methoxy groups -OCH3 is 1. The van der Waals surface area contributed by atoms with E-state index in [1.54, 1.807) is 18.4 Å². The molecule has 2 aromatic rings. The summed E-state index contributed by atoms with van der Waals surface area (Å²) in [7, 11) is 3.77. The molecule has 0 unspecified atom stereocenters. The summed E-state index contributed by atoms with van der Waals surface area (Å²) in [6.07, 6.45) is 0.676. The van der Waals surface area contributed by atoms with E-state index in [4.69, 9.17) is 4.74 Å². The fourth-order valence-electron chi connectivity index (χ4n) is 3.30. The topological polar surface area (TPSA) is 53.6 Å². The molecule has 23 heavy (non-hydrogen) atoms. The average molecular weight is 329 g/mol. The summed E-state index contributed by atoms with van der Waals surface area (Å²) in [4.78, 5) is 16.3. The summed E-state index contributed by atoms with van der Waals surface area (Å²) < 4.78 is 5.42. The second-order valence-corrected chi connectivity index (χ2v) is 7.09. The number of carbonyl (C=O) groups excluding carboxylic acids is 1. The molecule has 1 atom stereocenters. The Balaban J connectivity index is 1.72. The van der Waals surface area contributed by atoms with Crippen molar-refractivity contribution >= 4 is 22.2 Å². The number of rotatable bonds is 2. The van der Waals surface area contributed by atoms with Gasteiger partial charge in [0.1, 0.15) is 16.9 Å². The molecule has 120 valence electrons. The second kappa shape index (κ2) is 5.54. The van der Waals surface area contributed by atoms with E-state index in [-0.39, 0.29) is 12.1 Å². The Morgan fingerprint density at radius 2 is 2.13 bits per heavy atom. The molecule has 0 bridgehead atoms. The number of amides is 1. The first-order valence-electron chi connectivity index (χ1n) is 7.70. The maximum absolute atomic E-state index is 12.7. The van der Waals surface area contributed by atoms with Gasteiger partial charge in [-0.25, -0.2) is 0 Å². The molecule has 1 aromatic heterocycles. The van der Waals surface area contributed by atoms with E-state index in [1.807, 2.05) is 24.3 Å². The summed E-state index contributed by atoms with van der Waals surface area (Å²) >= 11 is 1.70. The SMILES string of the molecule is COc1ccccc1[C@H]1NC(=O)c2c(sc3c2CCN(C)C3)N1. The first kappa shape index (κ1) is 14.5. The summed E-state index contributed by atoms with van der Waals surface area (Å²) in [6, 6.07) is 7.77. The number of nitrogens with zero attached hydrogens (tertiary/aromatic N) is 1. The Kier molecular flexibility index (Phi) is 3.50. The molecule has 1 amide bonds. The Hall–Kier alpha value is -2.05. The predicted octanol–water partition coefficient (Wildman–Crippen LogP) is 2.60. The molecule has 0 fully saturated rings. The number of fused-ring (bicyclic) bond motifs is 3. The lowest BCUT2D eigenvalue weighted by atomic mass is 10.0. The van der Waals surface area contributed by atoms with Crippen LogP contribution in [0.5, 0.6) is 5.75 Å². The first-order valence-corrected chi connectivity index (χ1v) is 8.52. The fourth-order valence-corrected chi connectivity index (χ4v) is 4.66. The van der Waals surface area contributed by atoms with Crippen LogP contribution in [0, 0.1) is 0 Å². The minimum atomic E-state index is -0.260. The standard InChI is InChI=1S/C17H19N3O2S/c1-20-8-7-11-13(9-20)23-17-14(11)16(21)18-15(19-17)10-5-3-4-6-12(10)22-2/h3-6,15,19H,7-9H2,1-2H3,(H,18,21)/t15-/m0/s1. The number of carbonyl (C=O) groups is 1.